The molecule has 3 N–H and O–H groups in total. The highest BCUT2D eigenvalue weighted by Gasteiger charge is 2.22. The van der Waals surface area contributed by atoms with E-state index in [0.29, 0.717) is 6.42 Å². The van der Waals surface area contributed by atoms with Gasteiger partial charge in [-0.3, -0.25) is 4.79 Å². The summed E-state index contributed by atoms with van der Waals surface area (Å²) < 4.78 is 25.9. The fraction of sp³-hybridized carbons (Fsp3) is 0.417. The van der Waals surface area contributed by atoms with Crippen molar-refractivity contribution in [2.75, 3.05) is 6.54 Å². The highest BCUT2D eigenvalue weighted by atomic mass is 32.2. The van der Waals surface area contributed by atoms with Gasteiger partial charge in [0.05, 0.1) is 10.8 Å². The predicted octanol–water partition coefficient (Wildman–Crippen LogP) is 0.867. The summed E-state index contributed by atoms with van der Waals surface area (Å²) in [5, 5.41) is 0. The quantitative estimate of drug-likeness (QED) is 0.802. The number of carbonyl (C=O) groups excluding carboxylic acids is 1. The van der Waals surface area contributed by atoms with E-state index in [4.69, 9.17) is 5.73 Å². The minimum absolute atomic E-state index is 0.0746. The topological polar surface area (TPSA) is 89.3 Å². The average Bonchev–Trinajstić information content (AvgIpc) is 2.36. The van der Waals surface area contributed by atoms with Crippen molar-refractivity contribution in [2.45, 2.75) is 24.7 Å². The molecule has 0 aromatic heterocycles. The number of carbonyl (C=O) groups is 1. The lowest BCUT2D eigenvalue weighted by atomic mass is 10.0. The third-order valence-corrected chi connectivity index (χ3v) is 3.94. The summed E-state index contributed by atoms with van der Waals surface area (Å²) in [6.45, 7) is 2.06. The molecule has 0 aliphatic carbocycles. The second-order valence-corrected chi connectivity index (χ2v) is 5.69. The summed E-state index contributed by atoms with van der Waals surface area (Å²) in [5.74, 6) is -1.00. The summed E-state index contributed by atoms with van der Waals surface area (Å²) in [4.78, 5) is 11.9. The van der Waals surface area contributed by atoms with Crippen molar-refractivity contribution >= 4 is 15.9 Å². The lowest BCUT2D eigenvalue weighted by Crippen LogP contribution is -2.38. The highest BCUT2D eigenvalue weighted by molar-refractivity contribution is 7.90. The molecule has 0 saturated carbocycles. The maximum atomic E-state index is 11.9. The van der Waals surface area contributed by atoms with Gasteiger partial charge in [-0.25, -0.2) is 13.1 Å². The maximum absolute atomic E-state index is 11.9. The minimum Gasteiger partial charge on any atom is -0.330 e. The zero-order valence-corrected chi connectivity index (χ0v) is 11.1. The molecular formula is C12H18N2O3S. The molecule has 0 aliphatic rings. The number of hydrogen-bond acceptors (Lipinski definition) is 4. The highest BCUT2D eigenvalue weighted by Crippen LogP contribution is 2.10. The van der Waals surface area contributed by atoms with Crippen LogP contribution in [0.25, 0.3) is 0 Å². The van der Waals surface area contributed by atoms with Gasteiger partial charge in [0.1, 0.15) is 0 Å². The predicted molar refractivity (Wildman–Crippen MR) is 69.2 cm³/mol. The lowest BCUT2D eigenvalue weighted by molar-refractivity contribution is -0.123. The first-order chi connectivity index (χ1) is 8.51. The molecule has 0 aliphatic heterocycles. The summed E-state index contributed by atoms with van der Waals surface area (Å²) in [5.41, 5.74) is 5.46. The molecule has 1 atom stereocenters. The fourth-order valence-electron chi connectivity index (χ4n) is 1.58. The van der Waals surface area contributed by atoms with Crippen LogP contribution in [0.4, 0.5) is 0 Å². The van der Waals surface area contributed by atoms with Crippen molar-refractivity contribution in [3.8, 4) is 0 Å². The summed E-state index contributed by atoms with van der Waals surface area (Å²) in [7, 11) is -3.79. The van der Waals surface area contributed by atoms with Gasteiger partial charge in [-0.2, -0.15) is 0 Å². The molecule has 5 nitrogen and oxygen atoms in total. The van der Waals surface area contributed by atoms with Gasteiger partial charge in [0.25, 0.3) is 10.0 Å². The molecule has 1 amide bonds. The molecule has 0 radical (unpaired) electrons. The van der Waals surface area contributed by atoms with Crippen LogP contribution >= 0.6 is 0 Å². The Morgan fingerprint density at radius 3 is 2.44 bits per heavy atom. The summed E-state index contributed by atoms with van der Waals surface area (Å²) in [6, 6.07) is 7.79. The third kappa shape index (κ3) is 3.82. The first-order valence-electron chi connectivity index (χ1n) is 5.83. The summed E-state index contributed by atoms with van der Waals surface area (Å²) >= 11 is 0. The van der Waals surface area contributed by atoms with Crippen molar-refractivity contribution in [3.63, 3.8) is 0 Å². The van der Waals surface area contributed by atoms with Crippen molar-refractivity contribution in [2.24, 2.45) is 11.7 Å². The average molecular weight is 270 g/mol. The molecule has 1 rings (SSSR count). The molecular weight excluding hydrogens is 252 g/mol. The van der Waals surface area contributed by atoms with Crippen LogP contribution in [0.3, 0.4) is 0 Å². The summed E-state index contributed by atoms with van der Waals surface area (Å²) in [6.07, 6.45) is 1.35. The second-order valence-electron chi connectivity index (χ2n) is 4.00. The molecule has 0 spiro atoms. The minimum atomic E-state index is -3.79. The first kappa shape index (κ1) is 14.7. The van der Waals surface area contributed by atoms with Gasteiger partial charge in [-0.05, 0) is 18.6 Å². The Morgan fingerprint density at radius 1 is 1.33 bits per heavy atom. The zero-order chi connectivity index (χ0) is 13.6. The standard InChI is InChI=1S/C12H18N2O3S/c1-2-6-10(9-13)12(15)14-18(16,17)11-7-4-3-5-8-11/h3-5,7-8,10H,2,6,9,13H2,1H3,(H,14,15). The number of sulfonamides is 1. The van der Waals surface area contributed by atoms with E-state index < -0.39 is 21.8 Å². The van der Waals surface area contributed by atoms with Crippen LogP contribution in [-0.2, 0) is 14.8 Å². The molecule has 0 fully saturated rings. The van der Waals surface area contributed by atoms with Crippen molar-refractivity contribution in [1.29, 1.82) is 0 Å². The first-order valence-corrected chi connectivity index (χ1v) is 7.31. The van der Waals surface area contributed by atoms with Crippen LogP contribution in [0, 0.1) is 5.92 Å². The molecule has 0 saturated heterocycles. The zero-order valence-electron chi connectivity index (χ0n) is 10.3. The van der Waals surface area contributed by atoms with E-state index in [-0.39, 0.29) is 11.4 Å². The fourth-order valence-corrected chi connectivity index (χ4v) is 2.64. The Balaban J connectivity index is 2.81. The monoisotopic (exact) mass is 270 g/mol. The van der Waals surface area contributed by atoms with E-state index in [0.717, 1.165) is 6.42 Å². The van der Waals surface area contributed by atoms with Crippen molar-refractivity contribution < 1.29 is 13.2 Å². The van der Waals surface area contributed by atoms with Crippen LogP contribution in [-0.4, -0.2) is 20.9 Å². The van der Waals surface area contributed by atoms with Crippen LogP contribution in [0.15, 0.2) is 35.2 Å². The van der Waals surface area contributed by atoms with Gasteiger partial charge < -0.3 is 5.73 Å². The van der Waals surface area contributed by atoms with Crippen LogP contribution < -0.4 is 10.5 Å². The third-order valence-electron chi connectivity index (χ3n) is 2.58. The van der Waals surface area contributed by atoms with Crippen molar-refractivity contribution in [3.05, 3.63) is 30.3 Å². The smallest absolute Gasteiger partial charge is 0.264 e. The number of benzene rings is 1. The lowest BCUT2D eigenvalue weighted by Gasteiger charge is -2.14. The SMILES string of the molecule is CCCC(CN)C(=O)NS(=O)(=O)c1ccccc1. The molecule has 1 aromatic rings. The molecule has 0 bridgehead atoms. The Labute approximate surface area is 107 Å². The van der Waals surface area contributed by atoms with E-state index in [1.165, 1.54) is 12.1 Å². The van der Waals surface area contributed by atoms with Gasteiger partial charge in [0.15, 0.2) is 0 Å². The Morgan fingerprint density at radius 2 is 1.94 bits per heavy atom. The Hall–Kier alpha value is -1.40. The molecule has 6 heteroatoms. The number of nitrogens with two attached hydrogens (primary N) is 1. The van der Waals surface area contributed by atoms with Gasteiger partial charge >= 0.3 is 0 Å². The molecule has 1 aromatic carbocycles. The van der Waals surface area contributed by atoms with E-state index in [9.17, 15) is 13.2 Å². The van der Waals surface area contributed by atoms with Gasteiger partial charge in [0, 0.05) is 6.54 Å². The van der Waals surface area contributed by atoms with Crippen LogP contribution in [0.1, 0.15) is 19.8 Å². The maximum Gasteiger partial charge on any atom is 0.264 e. The van der Waals surface area contributed by atoms with Crippen molar-refractivity contribution in [1.82, 2.24) is 4.72 Å². The number of hydrogen-bond donors (Lipinski definition) is 2. The molecule has 18 heavy (non-hydrogen) atoms. The van der Waals surface area contributed by atoms with Crippen LogP contribution in [0.5, 0.6) is 0 Å². The number of nitrogens with one attached hydrogen (secondary N) is 1. The second kappa shape index (κ2) is 6.51. The van der Waals surface area contributed by atoms with Gasteiger partial charge in [-0.15, -0.1) is 0 Å². The van der Waals surface area contributed by atoms with E-state index in [1.807, 2.05) is 6.92 Å². The van der Waals surface area contributed by atoms with Gasteiger partial charge in [-0.1, -0.05) is 31.5 Å². The molecule has 100 valence electrons. The van der Waals surface area contributed by atoms with Crippen LogP contribution in [0.2, 0.25) is 0 Å². The Bertz CT molecular complexity index is 485. The largest absolute Gasteiger partial charge is 0.330 e. The number of rotatable bonds is 6. The molecule has 1 unspecified atom stereocenters. The van der Waals surface area contributed by atoms with E-state index >= 15 is 0 Å². The van der Waals surface area contributed by atoms with E-state index in [1.54, 1.807) is 18.2 Å². The molecule has 0 heterocycles. The number of amides is 1. The Kier molecular flexibility index (Phi) is 5.30. The van der Waals surface area contributed by atoms with E-state index in [2.05, 4.69) is 4.72 Å². The normalized spacial score (nSPS) is 13.0. The van der Waals surface area contributed by atoms with Gasteiger partial charge in [0.2, 0.25) is 5.91 Å².